The van der Waals surface area contributed by atoms with Gasteiger partial charge in [-0.15, -0.1) is 0 Å². The normalized spacial score (nSPS) is 16.8. The van der Waals surface area contributed by atoms with Gasteiger partial charge in [-0.05, 0) is 49.4 Å². The Bertz CT molecular complexity index is 1090. The van der Waals surface area contributed by atoms with Crippen LogP contribution in [0, 0.1) is 18.7 Å². The number of nitrogens with zero attached hydrogens (tertiary/aromatic N) is 3. The average molecular weight is 394 g/mol. The largest absolute Gasteiger partial charge is 0.348 e. The van der Waals surface area contributed by atoms with Crippen molar-refractivity contribution in [1.29, 1.82) is 0 Å². The lowest BCUT2D eigenvalue weighted by molar-refractivity contribution is 0.0671. The zero-order chi connectivity index (χ0) is 20.4. The van der Waals surface area contributed by atoms with Crippen LogP contribution in [0.25, 0.3) is 5.69 Å². The highest BCUT2D eigenvalue weighted by Gasteiger charge is 2.27. The lowest BCUT2D eigenvalue weighted by Crippen LogP contribution is -2.41. The molecule has 1 fully saturated rings. The predicted molar refractivity (Wildman–Crippen MR) is 108 cm³/mol. The molecule has 0 aliphatic carbocycles. The summed E-state index contributed by atoms with van der Waals surface area (Å²) in [5.74, 6) is 0.186. The molecule has 3 aromatic rings. The number of H-pyrrole nitrogens is 1. The second-order valence-electron chi connectivity index (χ2n) is 7.51. The third kappa shape index (κ3) is 3.85. The molecule has 1 aliphatic heterocycles. The molecule has 2 heterocycles. The molecule has 2 aromatic carbocycles. The van der Waals surface area contributed by atoms with Crippen molar-refractivity contribution in [3.8, 4) is 5.69 Å². The minimum Gasteiger partial charge on any atom is -0.338 e. The number of aromatic amines is 1. The monoisotopic (exact) mass is 394 g/mol. The van der Waals surface area contributed by atoms with Crippen molar-refractivity contribution < 1.29 is 9.18 Å². The van der Waals surface area contributed by atoms with E-state index in [0.29, 0.717) is 25.3 Å². The van der Waals surface area contributed by atoms with Crippen LogP contribution in [-0.4, -0.2) is 38.7 Å². The highest BCUT2D eigenvalue weighted by molar-refractivity contribution is 5.95. The zero-order valence-corrected chi connectivity index (χ0v) is 16.3. The Morgan fingerprint density at radius 1 is 1.21 bits per heavy atom. The second-order valence-corrected chi connectivity index (χ2v) is 7.51. The van der Waals surface area contributed by atoms with Gasteiger partial charge in [-0.1, -0.05) is 30.3 Å². The number of halogens is 1. The summed E-state index contributed by atoms with van der Waals surface area (Å²) in [7, 11) is 0. The molecule has 0 saturated carbocycles. The smallest absolute Gasteiger partial charge is 0.338 e. The minimum absolute atomic E-state index is 0.0290. The quantitative estimate of drug-likeness (QED) is 0.739. The molecule has 0 spiro atoms. The van der Waals surface area contributed by atoms with Crippen LogP contribution in [0.3, 0.4) is 0 Å². The molecule has 1 saturated heterocycles. The molecule has 6 nitrogen and oxygen atoms in total. The fraction of sp³-hybridized carbons (Fsp3) is 0.318. The van der Waals surface area contributed by atoms with Crippen molar-refractivity contribution in [3.63, 3.8) is 0 Å². The van der Waals surface area contributed by atoms with E-state index in [9.17, 15) is 14.0 Å². The third-order valence-electron chi connectivity index (χ3n) is 5.49. The molecule has 0 bridgehead atoms. The van der Waals surface area contributed by atoms with Gasteiger partial charge in [0.1, 0.15) is 11.6 Å². The Labute approximate surface area is 168 Å². The molecular weight excluding hydrogens is 371 g/mol. The summed E-state index contributed by atoms with van der Waals surface area (Å²) in [5.41, 5.74) is 1.40. The maximum atomic E-state index is 14.2. The van der Waals surface area contributed by atoms with Crippen LogP contribution in [0.2, 0.25) is 0 Å². The van der Waals surface area contributed by atoms with Gasteiger partial charge in [0.15, 0.2) is 0 Å². The summed E-state index contributed by atoms with van der Waals surface area (Å²) < 4.78 is 15.5. The number of likely N-dealkylation sites (tertiary alicyclic amines) is 1. The Kier molecular flexibility index (Phi) is 5.29. The lowest BCUT2D eigenvalue weighted by Gasteiger charge is -2.33. The maximum Gasteiger partial charge on any atom is 0.348 e. The summed E-state index contributed by atoms with van der Waals surface area (Å²) in [4.78, 5) is 27.1. The topological polar surface area (TPSA) is 71.0 Å². The van der Waals surface area contributed by atoms with E-state index in [1.807, 2.05) is 36.1 Å². The van der Waals surface area contributed by atoms with E-state index in [-0.39, 0.29) is 17.5 Å². The van der Waals surface area contributed by atoms with Crippen LogP contribution in [0.1, 0.15) is 34.6 Å². The van der Waals surface area contributed by atoms with Gasteiger partial charge in [-0.3, -0.25) is 4.79 Å². The van der Waals surface area contributed by atoms with Gasteiger partial charge in [0.05, 0.1) is 5.69 Å². The molecule has 150 valence electrons. The standard InChI is InChI=1S/C22H23FN4O2/c1-15-7-2-3-9-17(15)21(28)26-12-6-8-16(14-26)13-20-24-25-22(29)27(20)19-11-5-4-10-18(19)23/h2-5,7,9-11,16H,6,8,12-14H2,1H3,(H,25,29). The van der Waals surface area contributed by atoms with Crippen molar-refractivity contribution in [2.24, 2.45) is 5.92 Å². The van der Waals surface area contributed by atoms with Crippen LogP contribution in [-0.2, 0) is 6.42 Å². The van der Waals surface area contributed by atoms with Gasteiger partial charge in [0.25, 0.3) is 5.91 Å². The van der Waals surface area contributed by atoms with E-state index < -0.39 is 11.5 Å². The van der Waals surface area contributed by atoms with Crippen LogP contribution in [0.4, 0.5) is 4.39 Å². The first-order valence-electron chi connectivity index (χ1n) is 9.80. The number of aryl methyl sites for hydroxylation is 1. The molecule has 29 heavy (non-hydrogen) atoms. The van der Waals surface area contributed by atoms with Gasteiger partial charge in [0.2, 0.25) is 0 Å². The van der Waals surface area contributed by atoms with Gasteiger partial charge < -0.3 is 4.90 Å². The fourth-order valence-electron chi connectivity index (χ4n) is 4.01. The number of hydrogen-bond donors (Lipinski definition) is 1. The van der Waals surface area contributed by atoms with Crippen LogP contribution in [0.15, 0.2) is 53.3 Å². The second kappa shape index (κ2) is 8.03. The molecule has 7 heteroatoms. The van der Waals surface area contributed by atoms with Crippen LogP contribution < -0.4 is 5.69 Å². The summed E-state index contributed by atoms with van der Waals surface area (Å²) in [6, 6.07) is 13.7. The van der Waals surface area contributed by atoms with E-state index >= 15 is 0 Å². The summed E-state index contributed by atoms with van der Waals surface area (Å²) in [5, 5.41) is 6.55. The first-order chi connectivity index (χ1) is 14.0. The van der Waals surface area contributed by atoms with E-state index in [2.05, 4.69) is 10.2 Å². The zero-order valence-electron chi connectivity index (χ0n) is 16.3. The maximum absolute atomic E-state index is 14.2. The van der Waals surface area contributed by atoms with Crippen molar-refractivity contribution in [2.75, 3.05) is 13.1 Å². The van der Waals surface area contributed by atoms with E-state index in [1.54, 1.807) is 18.2 Å². The molecule has 1 aromatic heterocycles. The van der Waals surface area contributed by atoms with Crippen molar-refractivity contribution >= 4 is 5.91 Å². The summed E-state index contributed by atoms with van der Waals surface area (Å²) in [6.07, 6.45) is 2.30. The van der Waals surface area contributed by atoms with Gasteiger partial charge in [-0.25, -0.2) is 18.9 Å². The van der Waals surface area contributed by atoms with Crippen molar-refractivity contribution in [1.82, 2.24) is 19.7 Å². The SMILES string of the molecule is Cc1ccccc1C(=O)N1CCCC(Cc2n[nH]c(=O)n2-c2ccccc2F)C1. The molecule has 1 atom stereocenters. The molecule has 4 rings (SSSR count). The van der Waals surface area contributed by atoms with Gasteiger partial charge in [0, 0.05) is 25.1 Å². The number of amides is 1. The van der Waals surface area contributed by atoms with Gasteiger partial charge >= 0.3 is 5.69 Å². The Morgan fingerprint density at radius 2 is 1.97 bits per heavy atom. The molecule has 0 radical (unpaired) electrons. The van der Waals surface area contributed by atoms with Crippen LogP contribution >= 0.6 is 0 Å². The molecule has 1 N–H and O–H groups in total. The highest BCUT2D eigenvalue weighted by Crippen LogP contribution is 2.23. The number of carbonyl (C=O) groups is 1. The predicted octanol–water partition coefficient (Wildman–Crippen LogP) is 3.10. The minimum atomic E-state index is -0.475. The Hall–Kier alpha value is -3.22. The first kappa shape index (κ1) is 19.1. The van der Waals surface area contributed by atoms with Crippen molar-refractivity contribution in [3.05, 3.63) is 81.8 Å². The number of benzene rings is 2. The van der Waals surface area contributed by atoms with Crippen LogP contribution in [0.5, 0.6) is 0 Å². The Balaban J connectivity index is 1.54. The fourth-order valence-corrected chi connectivity index (χ4v) is 4.01. The number of nitrogens with one attached hydrogen (secondary N) is 1. The van der Waals surface area contributed by atoms with E-state index in [4.69, 9.17) is 0 Å². The number of piperidine rings is 1. The first-order valence-corrected chi connectivity index (χ1v) is 9.80. The molecular formula is C22H23FN4O2. The summed E-state index contributed by atoms with van der Waals surface area (Å²) >= 11 is 0. The van der Waals surface area contributed by atoms with Crippen molar-refractivity contribution in [2.45, 2.75) is 26.2 Å². The number of aromatic nitrogens is 3. The van der Waals surface area contributed by atoms with Gasteiger partial charge in [-0.2, -0.15) is 5.10 Å². The summed E-state index contributed by atoms with van der Waals surface area (Å²) in [6.45, 7) is 3.24. The number of para-hydroxylation sites is 1. The lowest BCUT2D eigenvalue weighted by atomic mass is 9.93. The van der Waals surface area contributed by atoms with E-state index in [1.165, 1.54) is 10.6 Å². The Morgan fingerprint density at radius 3 is 2.76 bits per heavy atom. The number of hydrogen-bond acceptors (Lipinski definition) is 3. The number of rotatable bonds is 4. The molecule has 1 unspecified atom stereocenters. The molecule has 1 aliphatic rings. The molecule has 1 amide bonds. The van der Waals surface area contributed by atoms with E-state index in [0.717, 1.165) is 24.0 Å². The highest BCUT2D eigenvalue weighted by atomic mass is 19.1. The number of carbonyl (C=O) groups excluding carboxylic acids is 1. The third-order valence-corrected chi connectivity index (χ3v) is 5.49. The average Bonchev–Trinajstić information content (AvgIpc) is 3.08.